The minimum atomic E-state index is -0.331. The molecule has 4 heteroatoms. The van der Waals surface area contributed by atoms with E-state index < -0.39 is 0 Å². The van der Waals surface area contributed by atoms with Gasteiger partial charge in [-0.15, -0.1) is 0 Å². The molecule has 0 N–H and O–H groups in total. The van der Waals surface area contributed by atoms with Gasteiger partial charge in [0.05, 0.1) is 35.4 Å². The van der Waals surface area contributed by atoms with Gasteiger partial charge < -0.3 is 9.64 Å². The number of para-hydroxylation sites is 2. The van der Waals surface area contributed by atoms with Gasteiger partial charge in [0.2, 0.25) is 0 Å². The van der Waals surface area contributed by atoms with Crippen LogP contribution in [0.4, 0.5) is 17.1 Å². The lowest BCUT2D eigenvalue weighted by molar-refractivity contribution is 0.0600. The molecule has 5 rings (SSSR count). The Balaban J connectivity index is 1.81. The van der Waals surface area contributed by atoms with Crippen LogP contribution in [-0.2, 0) is 15.6 Å². The number of carbonyl (C=O) groups is 1. The van der Waals surface area contributed by atoms with Gasteiger partial charge in [0.25, 0.3) is 0 Å². The molecule has 186 valence electrons. The fourth-order valence-corrected chi connectivity index (χ4v) is 5.68. The Bertz CT molecular complexity index is 1350. The summed E-state index contributed by atoms with van der Waals surface area (Å²) < 4.78 is 4.91. The maximum atomic E-state index is 12.1. The summed E-state index contributed by atoms with van der Waals surface area (Å²) >= 11 is 0. The van der Waals surface area contributed by atoms with Crippen molar-refractivity contribution in [1.29, 1.82) is 0 Å². The van der Waals surface area contributed by atoms with Gasteiger partial charge in [0, 0.05) is 17.7 Å². The molecule has 0 unspecified atom stereocenters. The fourth-order valence-electron chi connectivity index (χ4n) is 5.68. The van der Waals surface area contributed by atoms with Gasteiger partial charge in [0.15, 0.2) is 0 Å². The summed E-state index contributed by atoms with van der Waals surface area (Å²) in [5.41, 5.74) is 9.99. The van der Waals surface area contributed by atoms with E-state index in [2.05, 4.69) is 75.9 Å². The van der Waals surface area contributed by atoms with Crippen LogP contribution in [0.1, 0.15) is 86.5 Å². The molecule has 3 aromatic rings. The zero-order valence-corrected chi connectivity index (χ0v) is 22.3. The van der Waals surface area contributed by atoms with E-state index in [0.29, 0.717) is 5.56 Å². The highest BCUT2D eigenvalue weighted by molar-refractivity contribution is 6.19. The number of aliphatic imine (C=N–C) groups is 1. The van der Waals surface area contributed by atoms with Gasteiger partial charge in [-0.2, -0.15) is 0 Å². The molecule has 0 atom stereocenters. The molecule has 36 heavy (non-hydrogen) atoms. The molecule has 0 aromatic heterocycles. The molecule has 1 aliphatic carbocycles. The average Bonchev–Trinajstić information content (AvgIpc) is 3.01. The number of rotatable bonds is 4. The monoisotopic (exact) mass is 480 g/mol. The smallest absolute Gasteiger partial charge is 0.337 e. The zero-order chi connectivity index (χ0) is 25.7. The quantitative estimate of drug-likeness (QED) is 0.357. The lowest BCUT2D eigenvalue weighted by atomic mass is 9.62. The largest absolute Gasteiger partial charge is 0.465 e. The third-order valence-corrected chi connectivity index (χ3v) is 7.95. The number of benzene rings is 3. The molecule has 4 nitrogen and oxygen atoms in total. The van der Waals surface area contributed by atoms with E-state index in [9.17, 15) is 4.79 Å². The van der Waals surface area contributed by atoms with Gasteiger partial charge in [-0.1, -0.05) is 58.9 Å². The number of ether oxygens (including phenoxy) is 1. The van der Waals surface area contributed by atoms with Crippen molar-refractivity contribution < 1.29 is 9.53 Å². The van der Waals surface area contributed by atoms with Crippen molar-refractivity contribution in [3.63, 3.8) is 0 Å². The summed E-state index contributed by atoms with van der Waals surface area (Å²) in [7, 11) is 1.41. The Morgan fingerprint density at radius 2 is 1.56 bits per heavy atom. The van der Waals surface area contributed by atoms with Crippen LogP contribution in [0.25, 0.3) is 0 Å². The van der Waals surface area contributed by atoms with E-state index in [1.165, 1.54) is 30.3 Å². The van der Waals surface area contributed by atoms with Crippen molar-refractivity contribution in [3.05, 3.63) is 88.5 Å². The number of esters is 1. The van der Waals surface area contributed by atoms with Gasteiger partial charge in [0.1, 0.15) is 0 Å². The molecule has 0 radical (unpaired) electrons. The summed E-state index contributed by atoms with van der Waals surface area (Å²) in [5.74, 6) is -0.331. The van der Waals surface area contributed by atoms with Crippen LogP contribution in [-0.4, -0.2) is 25.3 Å². The fraction of sp³-hybridized carbons (Fsp3) is 0.375. The maximum absolute atomic E-state index is 12.1. The summed E-state index contributed by atoms with van der Waals surface area (Å²) in [5, 5.41) is 0. The highest BCUT2D eigenvalue weighted by Crippen LogP contribution is 2.50. The van der Waals surface area contributed by atoms with E-state index in [-0.39, 0.29) is 16.8 Å². The maximum Gasteiger partial charge on any atom is 0.337 e. The molecule has 2 aliphatic rings. The van der Waals surface area contributed by atoms with Gasteiger partial charge in [-0.3, -0.25) is 0 Å². The van der Waals surface area contributed by atoms with Crippen molar-refractivity contribution in [1.82, 2.24) is 0 Å². The second kappa shape index (κ2) is 8.92. The van der Waals surface area contributed by atoms with Crippen molar-refractivity contribution in [3.8, 4) is 0 Å². The van der Waals surface area contributed by atoms with Crippen LogP contribution in [0.15, 0.2) is 65.7 Å². The van der Waals surface area contributed by atoms with E-state index in [1.54, 1.807) is 0 Å². The molecule has 0 bridgehead atoms. The van der Waals surface area contributed by atoms with Crippen molar-refractivity contribution in [2.45, 2.75) is 64.7 Å². The van der Waals surface area contributed by atoms with Crippen LogP contribution in [0.5, 0.6) is 0 Å². The molecule has 0 saturated heterocycles. The molecule has 1 heterocycles. The third-order valence-electron chi connectivity index (χ3n) is 7.95. The Kier molecular flexibility index (Phi) is 6.02. The first kappa shape index (κ1) is 24.3. The number of anilines is 2. The first-order valence-corrected chi connectivity index (χ1v) is 13.0. The van der Waals surface area contributed by atoms with E-state index >= 15 is 0 Å². The second-order valence-corrected chi connectivity index (χ2v) is 11.4. The predicted molar refractivity (Wildman–Crippen MR) is 149 cm³/mol. The Morgan fingerprint density at radius 3 is 2.19 bits per heavy atom. The summed E-state index contributed by atoms with van der Waals surface area (Å²) in [6.45, 7) is 12.6. The molecule has 0 fully saturated rings. The number of methoxy groups -OCH3 is 1. The SMILES string of the molecule is CCCN1c2ccccc2N=C(c2ccc(C(=O)OC)cc2)c2cc3c(cc21)C(C)(C)CCC3(C)C. The lowest BCUT2D eigenvalue weighted by Gasteiger charge is -2.43. The zero-order valence-electron chi connectivity index (χ0n) is 22.3. The topological polar surface area (TPSA) is 41.9 Å². The second-order valence-electron chi connectivity index (χ2n) is 11.4. The summed E-state index contributed by atoms with van der Waals surface area (Å²) in [4.78, 5) is 19.8. The normalized spacial score (nSPS) is 17.3. The number of hydrogen-bond acceptors (Lipinski definition) is 4. The predicted octanol–water partition coefficient (Wildman–Crippen LogP) is 7.85. The third kappa shape index (κ3) is 4.03. The minimum absolute atomic E-state index is 0.0917. The highest BCUT2D eigenvalue weighted by Gasteiger charge is 2.39. The van der Waals surface area contributed by atoms with Gasteiger partial charge in [-0.05, 0) is 77.6 Å². The van der Waals surface area contributed by atoms with E-state index in [4.69, 9.17) is 9.73 Å². The van der Waals surface area contributed by atoms with Gasteiger partial charge in [-0.25, -0.2) is 9.79 Å². The molecular formula is C32H36N2O2. The number of nitrogens with zero attached hydrogens (tertiary/aromatic N) is 2. The molecule has 1 aliphatic heterocycles. The van der Waals surface area contributed by atoms with Crippen LogP contribution in [0, 0.1) is 0 Å². The summed E-state index contributed by atoms with van der Waals surface area (Å²) in [6.07, 6.45) is 3.36. The molecule has 3 aromatic carbocycles. The molecule has 0 amide bonds. The van der Waals surface area contributed by atoms with Crippen molar-refractivity contribution in [2.75, 3.05) is 18.6 Å². The number of fused-ring (bicyclic) bond motifs is 3. The average molecular weight is 481 g/mol. The minimum Gasteiger partial charge on any atom is -0.465 e. The highest BCUT2D eigenvalue weighted by atomic mass is 16.5. The first-order valence-electron chi connectivity index (χ1n) is 13.0. The summed E-state index contributed by atoms with van der Waals surface area (Å²) in [6, 6.07) is 20.9. The van der Waals surface area contributed by atoms with Crippen LogP contribution >= 0.6 is 0 Å². The Labute approximate surface area is 215 Å². The van der Waals surface area contributed by atoms with Crippen LogP contribution in [0.3, 0.4) is 0 Å². The molecular weight excluding hydrogens is 444 g/mol. The van der Waals surface area contributed by atoms with Crippen LogP contribution in [0.2, 0.25) is 0 Å². The lowest BCUT2D eigenvalue weighted by Crippen LogP contribution is -2.35. The Hall–Kier alpha value is -3.40. The Morgan fingerprint density at radius 1 is 0.917 bits per heavy atom. The molecule has 0 saturated carbocycles. The standard InChI is InChI=1S/C32H36N2O2/c1-7-18-34-27-11-9-8-10-26(27)33-29(21-12-14-22(15-13-21)30(35)36-6)23-19-24-25(20-28(23)34)32(4,5)17-16-31(24,2)3/h8-15,19-20H,7,16-18H2,1-6H3. The van der Waals surface area contributed by atoms with E-state index in [1.807, 2.05) is 24.3 Å². The number of carbonyl (C=O) groups excluding carboxylic acids is 1. The van der Waals surface area contributed by atoms with Crippen LogP contribution < -0.4 is 4.90 Å². The van der Waals surface area contributed by atoms with Crippen molar-refractivity contribution in [2.24, 2.45) is 4.99 Å². The molecule has 0 spiro atoms. The number of hydrogen-bond donors (Lipinski definition) is 0. The van der Waals surface area contributed by atoms with E-state index in [0.717, 1.165) is 47.6 Å². The first-order chi connectivity index (χ1) is 17.2. The van der Waals surface area contributed by atoms with Crippen molar-refractivity contribution >= 4 is 28.7 Å². The van der Waals surface area contributed by atoms with Gasteiger partial charge >= 0.3 is 5.97 Å².